The van der Waals surface area contributed by atoms with Crippen LogP contribution in [-0.4, -0.2) is 56.2 Å². The largest absolute Gasteiger partial charge is 0.394 e. The average molecular weight is 471 g/mol. The van der Waals surface area contributed by atoms with Gasteiger partial charge in [0.05, 0.1) is 19.5 Å². The number of hydrogen-bond acceptors (Lipinski definition) is 8. The Labute approximate surface area is 187 Å². The predicted molar refractivity (Wildman–Crippen MR) is 115 cm³/mol. The normalized spacial score (nSPS) is 25.9. The molecule has 0 unspecified atom stereocenters. The van der Waals surface area contributed by atoms with Crippen molar-refractivity contribution >= 4 is 46.1 Å². The summed E-state index contributed by atoms with van der Waals surface area (Å²) in [4.78, 5) is 12.5. The van der Waals surface area contributed by atoms with Gasteiger partial charge in [0.1, 0.15) is 12.2 Å². The average Bonchev–Trinajstić information content (AvgIpc) is 3.24. The van der Waals surface area contributed by atoms with Crippen LogP contribution in [-0.2, 0) is 16.1 Å². The van der Waals surface area contributed by atoms with E-state index in [1.807, 2.05) is 0 Å². The molecule has 3 heterocycles. The van der Waals surface area contributed by atoms with E-state index in [2.05, 4.69) is 20.3 Å². The highest BCUT2D eigenvalue weighted by Gasteiger charge is 2.56. The summed E-state index contributed by atoms with van der Waals surface area (Å²) in [5, 5.41) is 13.5. The molecule has 0 amide bonds. The first-order valence-electron chi connectivity index (χ1n) is 9.45. The third kappa shape index (κ3) is 3.79. The van der Waals surface area contributed by atoms with Crippen molar-refractivity contribution < 1.29 is 19.0 Å². The molecule has 4 N–H and O–H groups in total. The lowest BCUT2D eigenvalue weighted by molar-refractivity contribution is -0.0675. The van der Waals surface area contributed by atoms with Crippen molar-refractivity contribution in [2.45, 2.75) is 37.6 Å². The van der Waals surface area contributed by atoms with Gasteiger partial charge in [0.15, 0.2) is 28.9 Å². The minimum atomic E-state index is -2.06. The van der Waals surface area contributed by atoms with Crippen LogP contribution in [0.1, 0.15) is 18.7 Å². The lowest BCUT2D eigenvalue weighted by Gasteiger charge is -2.28. The van der Waals surface area contributed by atoms with E-state index >= 15 is 4.39 Å². The fraction of sp³-hybridized carbons (Fsp3) is 0.421. The van der Waals surface area contributed by atoms with Crippen LogP contribution in [0, 0.1) is 0 Å². The van der Waals surface area contributed by atoms with E-state index in [1.54, 1.807) is 25.2 Å². The Balaban J connectivity index is 1.67. The van der Waals surface area contributed by atoms with Crippen molar-refractivity contribution in [3.05, 3.63) is 40.1 Å². The zero-order valence-corrected chi connectivity index (χ0v) is 18.2. The van der Waals surface area contributed by atoms with Crippen LogP contribution >= 0.6 is 23.2 Å². The van der Waals surface area contributed by atoms with Gasteiger partial charge in [-0.25, -0.2) is 9.37 Å². The fourth-order valence-electron chi connectivity index (χ4n) is 3.74. The summed E-state index contributed by atoms with van der Waals surface area (Å²) in [5.74, 6) is 0.400. The number of nitrogens with one attached hydrogen (secondary N) is 1. The number of nitrogens with zero attached hydrogens (tertiary/aromatic N) is 4. The number of anilines is 2. The molecule has 12 heteroatoms. The van der Waals surface area contributed by atoms with Gasteiger partial charge in [-0.05, 0) is 19.1 Å². The first-order chi connectivity index (χ1) is 14.8. The minimum absolute atomic E-state index is 0.00275. The first kappa shape index (κ1) is 22.0. The number of benzene rings is 1. The lowest BCUT2D eigenvalue weighted by Crippen LogP contribution is -2.42. The van der Waals surface area contributed by atoms with Gasteiger partial charge >= 0.3 is 0 Å². The Bertz CT molecular complexity index is 1090. The van der Waals surface area contributed by atoms with Crippen LogP contribution in [0.5, 0.6) is 0 Å². The van der Waals surface area contributed by atoms with E-state index in [1.165, 1.54) is 17.8 Å². The second kappa shape index (κ2) is 8.36. The Hall–Kier alpha value is -2.24. The molecule has 1 fully saturated rings. The number of nitrogens with two attached hydrogens (primary N) is 1. The number of halogens is 3. The maximum atomic E-state index is 16.1. The highest BCUT2D eigenvalue weighted by atomic mass is 35.5. The number of ether oxygens (including phenoxy) is 2. The number of aromatic nitrogens is 4. The molecule has 2 aromatic heterocycles. The summed E-state index contributed by atoms with van der Waals surface area (Å²) >= 11 is 12.4. The first-order valence-corrected chi connectivity index (χ1v) is 10.2. The Kier molecular flexibility index (Phi) is 5.93. The van der Waals surface area contributed by atoms with Crippen molar-refractivity contribution in [1.29, 1.82) is 0 Å². The van der Waals surface area contributed by atoms with Crippen molar-refractivity contribution in [2.24, 2.45) is 0 Å². The lowest BCUT2D eigenvalue weighted by atomic mass is 9.98. The number of alkyl halides is 1. The van der Waals surface area contributed by atoms with Crippen LogP contribution in [0.3, 0.4) is 0 Å². The van der Waals surface area contributed by atoms with E-state index in [0.717, 1.165) is 0 Å². The summed E-state index contributed by atoms with van der Waals surface area (Å²) in [7, 11) is 1.66. The van der Waals surface area contributed by atoms with Crippen molar-refractivity contribution in [1.82, 2.24) is 19.5 Å². The van der Waals surface area contributed by atoms with Gasteiger partial charge in [-0.3, -0.25) is 4.57 Å². The third-order valence-corrected chi connectivity index (χ3v) is 5.97. The standard InChI is InChI=1S/C19H21Cl2FN6O3/c1-19(22)14(30-7-9-10(20)4-3-5-11(9)21)12(6-29)31-17(19)28-8-25-13-15(24-2)26-18(23)27-16(13)28/h3-5,8,12,14,17,29H,6-7H2,1-2H3,(H3,23,24,26,27)/t12-,14-,17-,19-/m1/s1. The molecule has 0 saturated carbocycles. The second-order valence-corrected chi connectivity index (χ2v) is 8.11. The number of imidazole rings is 1. The number of nitrogen functional groups attached to an aromatic ring is 1. The summed E-state index contributed by atoms with van der Waals surface area (Å²) < 4.78 is 29.2. The molecular weight excluding hydrogens is 450 g/mol. The van der Waals surface area contributed by atoms with Crippen molar-refractivity contribution in [3.63, 3.8) is 0 Å². The van der Waals surface area contributed by atoms with Gasteiger partial charge in [-0.1, -0.05) is 29.3 Å². The molecule has 1 aromatic carbocycles. The molecule has 1 aliphatic heterocycles. The predicted octanol–water partition coefficient (Wildman–Crippen LogP) is 2.96. The number of aliphatic hydroxyl groups excluding tert-OH is 1. The van der Waals surface area contributed by atoms with E-state index in [0.29, 0.717) is 26.9 Å². The van der Waals surface area contributed by atoms with Gasteiger partial charge < -0.3 is 25.6 Å². The number of aliphatic hydroxyl groups is 1. The van der Waals surface area contributed by atoms with E-state index in [-0.39, 0.29) is 18.2 Å². The molecule has 4 atom stereocenters. The SMILES string of the molecule is CNc1nc(N)nc2c1ncn2[C@@H]1O[C@H](CO)[C@@H](OCc2c(Cl)cccc2Cl)[C@@]1(C)F. The molecule has 3 aromatic rings. The van der Waals surface area contributed by atoms with Crippen LogP contribution in [0.15, 0.2) is 24.5 Å². The fourth-order valence-corrected chi connectivity index (χ4v) is 4.25. The number of fused-ring (bicyclic) bond motifs is 1. The molecule has 31 heavy (non-hydrogen) atoms. The zero-order valence-electron chi connectivity index (χ0n) is 16.7. The molecule has 4 rings (SSSR count). The highest BCUT2D eigenvalue weighted by Crippen LogP contribution is 2.44. The second-order valence-electron chi connectivity index (χ2n) is 7.30. The number of rotatable bonds is 6. The molecule has 0 bridgehead atoms. The summed E-state index contributed by atoms with van der Waals surface area (Å²) in [6, 6.07) is 5.04. The smallest absolute Gasteiger partial charge is 0.224 e. The van der Waals surface area contributed by atoms with Gasteiger partial charge in [0.2, 0.25) is 5.95 Å². The topological polar surface area (TPSA) is 120 Å². The van der Waals surface area contributed by atoms with E-state index in [9.17, 15) is 5.11 Å². The van der Waals surface area contributed by atoms with Gasteiger partial charge in [0, 0.05) is 22.7 Å². The van der Waals surface area contributed by atoms with Gasteiger partial charge in [0.25, 0.3) is 0 Å². The summed E-state index contributed by atoms with van der Waals surface area (Å²) in [6.07, 6.45) is -1.85. The van der Waals surface area contributed by atoms with Crippen molar-refractivity contribution in [3.8, 4) is 0 Å². The molecule has 166 valence electrons. The highest BCUT2D eigenvalue weighted by molar-refractivity contribution is 6.35. The summed E-state index contributed by atoms with van der Waals surface area (Å²) in [6.45, 7) is 0.822. The van der Waals surface area contributed by atoms with Crippen LogP contribution < -0.4 is 11.1 Å². The maximum absolute atomic E-state index is 16.1. The van der Waals surface area contributed by atoms with Crippen LogP contribution in [0.2, 0.25) is 10.0 Å². The quantitative estimate of drug-likeness (QED) is 0.502. The number of hydrogen-bond donors (Lipinski definition) is 3. The molecule has 0 spiro atoms. The molecule has 0 radical (unpaired) electrons. The molecule has 1 saturated heterocycles. The monoisotopic (exact) mass is 470 g/mol. The Morgan fingerprint density at radius 2 is 2.06 bits per heavy atom. The maximum Gasteiger partial charge on any atom is 0.224 e. The zero-order chi connectivity index (χ0) is 22.3. The van der Waals surface area contributed by atoms with E-state index in [4.69, 9.17) is 38.4 Å². The Morgan fingerprint density at radius 3 is 2.71 bits per heavy atom. The molecule has 9 nitrogen and oxygen atoms in total. The van der Waals surface area contributed by atoms with Gasteiger partial charge in [-0.2, -0.15) is 9.97 Å². The van der Waals surface area contributed by atoms with E-state index < -0.39 is 30.7 Å². The third-order valence-electron chi connectivity index (χ3n) is 5.26. The van der Waals surface area contributed by atoms with Crippen molar-refractivity contribution in [2.75, 3.05) is 24.7 Å². The van der Waals surface area contributed by atoms with Gasteiger partial charge in [-0.15, -0.1) is 0 Å². The van der Waals surface area contributed by atoms with Crippen LogP contribution in [0.4, 0.5) is 16.2 Å². The molecule has 1 aliphatic rings. The summed E-state index contributed by atoms with van der Waals surface area (Å²) in [5.41, 5.74) is 4.94. The molecular formula is C19H21Cl2FN6O3. The minimum Gasteiger partial charge on any atom is -0.394 e. The Morgan fingerprint density at radius 1 is 1.35 bits per heavy atom. The van der Waals surface area contributed by atoms with Crippen LogP contribution in [0.25, 0.3) is 11.2 Å². The molecule has 0 aliphatic carbocycles.